The molecular formula is C21H27N3O5S. The summed E-state index contributed by atoms with van der Waals surface area (Å²) in [4.78, 5) is 23.5. The molecule has 0 fully saturated rings. The molecule has 2 aromatic rings. The van der Waals surface area contributed by atoms with E-state index in [0.29, 0.717) is 12.3 Å². The van der Waals surface area contributed by atoms with E-state index < -0.39 is 27.4 Å². The average molecular weight is 434 g/mol. The number of nitro groups is 1. The lowest BCUT2D eigenvalue weighted by molar-refractivity contribution is -0.385. The molecule has 0 aliphatic heterocycles. The minimum atomic E-state index is -3.85. The van der Waals surface area contributed by atoms with Gasteiger partial charge in [0.2, 0.25) is 15.9 Å². The van der Waals surface area contributed by atoms with E-state index in [1.165, 1.54) is 25.1 Å². The summed E-state index contributed by atoms with van der Waals surface area (Å²) in [6.45, 7) is 5.08. The summed E-state index contributed by atoms with van der Waals surface area (Å²) in [6.07, 6.45) is 1.66. The van der Waals surface area contributed by atoms with Crippen molar-refractivity contribution in [1.82, 2.24) is 5.32 Å². The van der Waals surface area contributed by atoms with Crippen LogP contribution in [0.4, 0.5) is 11.4 Å². The number of nitrogens with zero attached hydrogens (tertiary/aromatic N) is 2. The predicted molar refractivity (Wildman–Crippen MR) is 117 cm³/mol. The van der Waals surface area contributed by atoms with E-state index in [9.17, 15) is 23.3 Å². The van der Waals surface area contributed by atoms with Crippen molar-refractivity contribution < 1.29 is 18.1 Å². The largest absolute Gasteiger partial charge is 0.348 e. The fourth-order valence-electron chi connectivity index (χ4n) is 3.27. The van der Waals surface area contributed by atoms with Crippen molar-refractivity contribution in [1.29, 1.82) is 0 Å². The number of amides is 1. The van der Waals surface area contributed by atoms with Gasteiger partial charge in [-0.1, -0.05) is 50.2 Å². The molecule has 0 bridgehead atoms. The van der Waals surface area contributed by atoms with E-state index in [1.807, 2.05) is 44.2 Å². The number of rotatable bonds is 9. The van der Waals surface area contributed by atoms with Gasteiger partial charge in [0, 0.05) is 6.07 Å². The number of anilines is 1. The summed E-state index contributed by atoms with van der Waals surface area (Å²) in [5.74, 6) is -0.179. The Morgan fingerprint density at radius 1 is 1.13 bits per heavy atom. The lowest BCUT2D eigenvalue weighted by Gasteiger charge is -2.26. The van der Waals surface area contributed by atoms with Crippen LogP contribution < -0.4 is 9.62 Å². The lowest BCUT2D eigenvalue weighted by atomic mass is 9.97. The lowest BCUT2D eigenvalue weighted by Crippen LogP contribution is -2.42. The van der Waals surface area contributed by atoms with Crippen LogP contribution in [0.15, 0.2) is 48.5 Å². The first-order chi connectivity index (χ1) is 14.0. The van der Waals surface area contributed by atoms with Gasteiger partial charge in [-0.3, -0.25) is 19.2 Å². The standard InChI is InChI=1S/C21H27N3O5S/c1-15(2)13-18(17-9-6-5-7-10-17)22-21(25)14-23(30(4,28)29)19-11-8-12-20(16(19)3)24(26)27/h5-12,15,18H,13-14H2,1-4H3,(H,22,25). The summed E-state index contributed by atoms with van der Waals surface area (Å²) in [7, 11) is -3.85. The van der Waals surface area contributed by atoms with Crippen molar-refractivity contribution >= 4 is 27.3 Å². The van der Waals surface area contributed by atoms with Crippen molar-refractivity contribution in [3.8, 4) is 0 Å². The maximum absolute atomic E-state index is 12.8. The predicted octanol–water partition coefficient (Wildman–Crippen LogP) is 3.57. The zero-order valence-corrected chi connectivity index (χ0v) is 18.3. The Hall–Kier alpha value is -2.94. The third kappa shape index (κ3) is 6.03. The number of carbonyl (C=O) groups excluding carboxylic acids is 1. The molecule has 0 aromatic heterocycles. The molecule has 8 nitrogen and oxygen atoms in total. The van der Waals surface area contributed by atoms with Crippen LogP contribution in [0, 0.1) is 23.0 Å². The zero-order valence-electron chi connectivity index (χ0n) is 17.5. The Morgan fingerprint density at radius 3 is 2.30 bits per heavy atom. The molecule has 0 aliphatic carbocycles. The summed E-state index contributed by atoms with van der Waals surface area (Å²) in [6, 6.07) is 13.3. The maximum Gasteiger partial charge on any atom is 0.274 e. The van der Waals surface area contributed by atoms with E-state index in [4.69, 9.17) is 0 Å². The highest BCUT2D eigenvalue weighted by Crippen LogP contribution is 2.30. The van der Waals surface area contributed by atoms with Crippen molar-refractivity contribution in [2.45, 2.75) is 33.2 Å². The number of nitrogens with one attached hydrogen (secondary N) is 1. The Balaban J connectivity index is 2.32. The van der Waals surface area contributed by atoms with Crippen LogP contribution in [-0.4, -0.2) is 32.0 Å². The summed E-state index contributed by atoms with van der Waals surface area (Å²) < 4.78 is 25.7. The first kappa shape index (κ1) is 23.3. The van der Waals surface area contributed by atoms with Gasteiger partial charge in [-0.05, 0) is 30.9 Å². The van der Waals surface area contributed by atoms with Crippen molar-refractivity contribution in [3.63, 3.8) is 0 Å². The van der Waals surface area contributed by atoms with Gasteiger partial charge in [-0.15, -0.1) is 0 Å². The topological polar surface area (TPSA) is 110 Å². The van der Waals surface area contributed by atoms with E-state index in [0.717, 1.165) is 16.1 Å². The molecule has 0 heterocycles. The highest BCUT2D eigenvalue weighted by Gasteiger charge is 2.27. The molecule has 0 aliphatic rings. The molecule has 0 radical (unpaired) electrons. The number of nitro benzene ring substituents is 1. The van der Waals surface area contributed by atoms with Crippen LogP contribution in [0.5, 0.6) is 0 Å². The van der Waals surface area contributed by atoms with Crippen LogP contribution in [0.25, 0.3) is 0 Å². The van der Waals surface area contributed by atoms with Gasteiger partial charge < -0.3 is 5.32 Å². The number of sulfonamides is 1. The van der Waals surface area contributed by atoms with Crippen LogP contribution >= 0.6 is 0 Å². The molecule has 30 heavy (non-hydrogen) atoms. The van der Waals surface area contributed by atoms with Crippen LogP contribution in [0.3, 0.4) is 0 Å². The number of hydrogen-bond acceptors (Lipinski definition) is 5. The molecule has 1 amide bonds. The maximum atomic E-state index is 12.8. The molecule has 1 unspecified atom stereocenters. The van der Waals surface area contributed by atoms with Crippen molar-refractivity contribution in [2.24, 2.45) is 5.92 Å². The summed E-state index contributed by atoms with van der Waals surface area (Å²) in [5, 5.41) is 14.1. The van der Waals surface area contributed by atoms with Crippen LogP contribution in [0.2, 0.25) is 0 Å². The van der Waals surface area contributed by atoms with Gasteiger partial charge >= 0.3 is 0 Å². The summed E-state index contributed by atoms with van der Waals surface area (Å²) in [5.41, 5.74) is 1.02. The van der Waals surface area contributed by atoms with Gasteiger partial charge in [-0.2, -0.15) is 0 Å². The molecule has 1 N–H and O–H groups in total. The molecule has 9 heteroatoms. The van der Waals surface area contributed by atoms with Gasteiger partial charge in [0.1, 0.15) is 6.54 Å². The van der Waals surface area contributed by atoms with Gasteiger partial charge in [0.05, 0.1) is 28.5 Å². The summed E-state index contributed by atoms with van der Waals surface area (Å²) >= 11 is 0. The van der Waals surface area contributed by atoms with E-state index in [2.05, 4.69) is 5.32 Å². The van der Waals surface area contributed by atoms with Gasteiger partial charge in [-0.25, -0.2) is 8.42 Å². The number of benzene rings is 2. The SMILES string of the molecule is Cc1c(N(CC(=O)NC(CC(C)C)c2ccccc2)S(C)(=O)=O)cccc1[N+](=O)[O-]. The highest BCUT2D eigenvalue weighted by molar-refractivity contribution is 7.92. The van der Waals surface area contributed by atoms with E-state index in [-0.39, 0.29) is 23.0 Å². The van der Waals surface area contributed by atoms with Crippen LogP contribution in [0.1, 0.15) is 37.4 Å². The minimum Gasteiger partial charge on any atom is -0.348 e. The van der Waals surface area contributed by atoms with Gasteiger partial charge in [0.15, 0.2) is 0 Å². The van der Waals surface area contributed by atoms with Crippen molar-refractivity contribution in [3.05, 3.63) is 69.8 Å². The number of carbonyl (C=O) groups is 1. The second-order valence-electron chi connectivity index (χ2n) is 7.61. The third-order valence-electron chi connectivity index (χ3n) is 4.67. The highest BCUT2D eigenvalue weighted by atomic mass is 32.2. The molecule has 0 saturated carbocycles. The third-order valence-corrected chi connectivity index (χ3v) is 5.80. The monoisotopic (exact) mass is 433 g/mol. The molecule has 2 rings (SSSR count). The van der Waals surface area contributed by atoms with Gasteiger partial charge in [0.25, 0.3) is 5.69 Å². The average Bonchev–Trinajstić information content (AvgIpc) is 2.65. The fourth-order valence-corrected chi connectivity index (χ4v) is 4.17. The first-order valence-electron chi connectivity index (χ1n) is 9.56. The van der Waals surface area contributed by atoms with E-state index in [1.54, 1.807) is 0 Å². The smallest absolute Gasteiger partial charge is 0.274 e. The molecular weight excluding hydrogens is 406 g/mol. The Morgan fingerprint density at radius 2 is 1.77 bits per heavy atom. The zero-order chi connectivity index (χ0) is 22.5. The second-order valence-corrected chi connectivity index (χ2v) is 9.52. The Kier molecular flexibility index (Phi) is 7.55. The normalized spacial score (nSPS) is 12.4. The van der Waals surface area contributed by atoms with Crippen LogP contribution in [-0.2, 0) is 14.8 Å². The minimum absolute atomic E-state index is 0.113. The van der Waals surface area contributed by atoms with Crippen molar-refractivity contribution in [2.75, 3.05) is 17.1 Å². The molecule has 2 aromatic carbocycles. The Labute approximate surface area is 177 Å². The molecule has 0 saturated heterocycles. The number of hydrogen-bond donors (Lipinski definition) is 1. The first-order valence-corrected chi connectivity index (χ1v) is 11.4. The molecule has 162 valence electrons. The second kappa shape index (κ2) is 9.71. The molecule has 0 spiro atoms. The quantitative estimate of drug-likeness (QED) is 0.480. The van der Waals surface area contributed by atoms with E-state index >= 15 is 0 Å². The Bertz CT molecular complexity index is 1010. The fraction of sp³-hybridized carbons (Fsp3) is 0.381. The molecule has 1 atom stereocenters.